The summed E-state index contributed by atoms with van der Waals surface area (Å²) in [5, 5.41) is 5.59. The minimum Gasteiger partial charge on any atom is -0.307 e. The molecule has 276 valence electrons. The second-order valence-corrected chi connectivity index (χ2v) is 15.7. The van der Waals surface area contributed by atoms with Gasteiger partial charge in [-0.1, -0.05) is 146 Å². The third-order valence-electron chi connectivity index (χ3n) is 11.2. The predicted octanol–water partition coefficient (Wildman–Crippen LogP) is 13.3. The van der Waals surface area contributed by atoms with Gasteiger partial charge < -0.3 is 4.57 Å². The second-order valence-electron chi connectivity index (χ2n) is 14.7. The SMILES string of the molecule is c1ccc(-c2ccc(-c3nc(-c4ccccc4)nc(-n4c5ccccc5c5ccc6c7ccccc7n(-c7ccc(-c8nc9ccccc9s8)cc7)c6c54)n3)cc2)cc1. The van der Waals surface area contributed by atoms with Gasteiger partial charge in [-0.15, -0.1) is 11.3 Å². The van der Waals surface area contributed by atoms with E-state index in [9.17, 15) is 0 Å². The molecule has 0 radical (unpaired) electrons. The molecule has 0 fully saturated rings. The van der Waals surface area contributed by atoms with E-state index in [1.54, 1.807) is 11.3 Å². The van der Waals surface area contributed by atoms with Crippen molar-refractivity contribution in [3.63, 3.8) is 0 Å². The first-order valence-corrected chi connectivity index (χ1v) is 20.5. The molecule has 0 aliphatic carbocycles. The van der Waals surface area contributed by atoms with Crippen LogP contribution >= 0.6 is 11.3 Å². The van der Waals surface area contributed by atoms with Gasteiger partial charge in [-0.2, -0.15) is 9.97 Å². The van der Waals surface area contributed by atoms with Crippen LogP contribution in [0.1, 0.15) is 0 Å². The van der Waals surface area contributed by atoms with Crippen LogP contribution in [0, 0.1) is 0 Å². The molecular formula is C52H32N6S. The Morgan fingerprint density at radius 2 is 0.831 bits per heavy atom. The fraction of sp³-hybridized carbons (Fsp3) is 0. The van der Waals surface area contributed by atoms with Gasteiger partial charge in [0, 0.05) is 43.9 Å². The molecule has 8 aromatic carbocycles. The lowest BCUT2D eigenvalue weighted by atomic mass is 10.0. The highest BCUT2D eigenvalue weighted by atomic mass is 32.1. The second kappa shape index (κ2) is 13.4. The number of para-hydroxylation sites is 3. The largest absolute Gasteiger partial charge is 0.307 e. The minimum absolute atomic E-state index is 0.558. The Kier molecular flexibility index (Phi) is 7.61. The first-order valence-electron chi connectivity index (χ1n) is 19.6. The van der Waals surface area contributed by atoms with E-state index in [2.05, 4.69) is 173 Å². The van der Waals surface area contributed by atoms with Crippen LogP contribution in [0.2, 0.25) is 0 Å². The summed E-state index contributed by atoms with van der Waals surface area (Å²) < 4.78 is 5.83. The topological polar surface area (TPSA) is 61.4 Å². The van der Waals surface area contributed by atoms with Crippen LogP contribution in [0.5, 0.6) is 0 Å². The quantitative estimate of drug-likeness (QED) is 0.169. The minimum atomic E-state index is 0.558. The van der Waals surface area contributed by atoms with E-state index >= 15 is 0 Å². The maximum absolute atomic E-state index is 5.33. The number of aromatic nitrogens is 6. The van der Waals surface area contributed by atoms with E-state index in [4.69, 9.17) is 19.9 Å². The molecular weight excluding hydrogens is 741 g/mol. The van der Waals surface area contributed by atoms with Gasteiger partial charge in [0.15, 0.2) is 11.6 Å². The fourth-order valence-electron chi connectivity index (χ4n) is 8.48. The van der Waals surface area contributed by atoms with Crippen LogP contribution in [0.25, 0.3) is 110 Å². The summed E-state index contributed by atoms with van der Waals surface area (Å²) >= 11 is 1.72. The summed E-state index contributed by atoms with van der Waals surface area (Å²) in [5.74, 6) is 1.78. The van der Waals surface area contributed by atoms with E-state index in [0.717, 1.165) is 82.3 Å². The molecule has 0 aliphatic heterocycles. The Labute approximate surface area is 343 Å². The number of hydrogen-bond donors (Lipinski definition) is 0. The number of hydrogen-bond acceptors (Lipinski definition) is 5. The molecule has 0 N–H and O–H groups in total. The Morgan fingerprint density at radius 3 is 1.49 bits per heavy atom. The van der Waals surface area contributed by atoms with Crippen molar-refractivity contribution in [2.45, 2.75) is 0 Å². The summed E-state index contributed by atoms with van der Waals surface area (Å²) in [6.45, 7) is 0. The van der Waals surface area contributed by atoms with E-state index in [1.165, 1.54) is 10.1 Å². The zero-order valence-electron chi connectivity index (χ0n) is 31.6. The first kappa shape index (κ1) is 33.4. The molecule has 0 atom stereocenters. The number of benzene rings is 8. The molecule has 0 spiro atoms. The Hall–Kier alpha value is -7.74. The predicted molar refractivity (Wildman–Crippen MR) is 243 cm³/mol. The number of fused-ring (bicyclic) bond motifs is 8. The van der Waals surface area contributed by atoms with Crippen molar-refractivity contribution in [3.05, 3.63) is 194 Å². The Morgan fingerprint density at radius 1 is 0.339 bits per heavy atom. The highest BCUT2D eigenvalue weighted by Crippen LogP contribution is 2.42. The zero-order chi connectivity index (χ0) is 38.9. The molecule has 0 saturated carbocycles. The van der Waals surface area contributed by atoms with Gasteiger partial charge in [0.05, 0.1) is 32.3 Å². The smallest absolute Gasteiger partial charge is 0.238 e. The van der Waals surface area contributed by atoms with Crippen LogP contribution in [0.15, 0.2) is 194 Å². The fourth-order valence-corrected chi connectivity index (χ4v) is 9.45. The molecule has 12 rings (SSSR count). The van der Waals surface area contributed by atoms with Crippen molar-refractivity contribution < 1.29 is 0 Å². The average molecular weight is 773 g/mol. The van der Waals surface area contributed by atoms with E-state index in [-0.39, 0.29) is 0 Å². The standard InChI is InChI=1S/C52H32N6S/c1-3-13-33(14-4-1)34-23-25-36(26-24-34)50-54-49(35-15-5-2-6-16-35)55-52(56-50)58-45-21-11-8-18-40(45)42-32-31-41-39-17-7-10-20-44(39)57(47(41)48(42)58)38-29-27-37(28-30-38)51-53-43-19-9-12-22-46(43)59-51/h1-32H. The maximum Gasteiger partial charge on any atom is 0.238 e. The van der Waals surface area contributed by atoms with Gasteiger partial charge >= 0.3 is 0 Å². The third-order valence-corrected chi connectivity index (χ3v) is 12.3. The van der Waals surface area contributed by atoms with E-state index < -0.39 is 0 Å². The number of rotatable bonds is 6. The maximum atomic E-state index is 5.33. The average Bonchev–Trinajstić information content (AvgIpc) is 4.00. The van der Waals surface area contributed by atoms with Crippen molar-refractivity contribution >= 4 is 65.2 Å². The highest BCUT2D eigenvalue weighted by molar-refractivity contribution is 7.21. The molecule has 7 heteroatoms. The summed E-state index contributed by atoms with van der Waals surface area (Å²) in [6, 6.07) is 68.0. The zero-order valence-corrected chi connectivity index (χ0v) is 32.4. The Bertz CT molecular complexity index is 3500. The number of thiazole rings is 1. The van der Waals surface area contributed by atoms with Crippen LogP contribution < -0.4 is 0 Å². The summed E-state index contributed by atoms with van der Waals surface area (Å²) in [5.41, 5.74) is 11.6. The summed E-state index contributed by atoms with van der Waals surface area (Å²) in [6.07, 6.45) is 0. The summed E-state index contributed by atoms with van der Waals surface area (Å²) in [4.78, 5) is 20.7. The molecule has 4 heterocycles. The van der Waals surface area contributed by atoms with Crippen LogP contribution in [0.3, 0.4) is 0 Å². The monoisotopic (exact) mass is 772 g/mol. The van der Waals surface area contributed by atoms with Crippen molar-refractivity contribution in [3.8, 4) is 56.1 Å². The lowest BCUT2D eigenvalue weighted by Crippen LogP contribution is -2.07. The van der Waals surface area contributed by atoms with Crippen molar-refractivity contribution in [2.24, 2.45) is 0 Å². The molecule has 0 amide bonds. The first-order chi connectivity index (χ1) is 29.2. The molecule has 6 nitrogen and oxygen atoms in total. The highest BCUT2D eigenvalue weighted by Gasteiger charge is 2.23. The van der Waals surface area contributed by atoms with Crippen molar-refractivity contribution in [1.82, 2.24) is 29.1 Å². The molecule has 0 bridgehead atoms. The van der Waals surface area contributed by atoms with Gasteiger partial charge in [0.1, 0.15) is 5.01 Å². The van der Waals surface area contributed by atoms with E-state index in [1.807, 2.05) is 30.3 Å². The molecule has 59 heavy (non-hydrogen) atoms. The molecule has 4 aromatic heterocycles. The molecule has 12 aromatic rings. The van der Waals surface area contributed by atoms with Gasteiger partial charge in [-0.25, -0.2) is 9.97 Å². The van der Waals surface area contributed by atoms with Crippen LogP contribution in [-0.2, 0) is 0 Å². The van der Waals surface area contributed by atoms with Gasteiger partial charge in [0.25, 0.3) is 0 Å². The normalized spacial score (nSPS) is 11.7. The Balaban J connectivity index is 1.12. The lowest BCUT2D eigenvalue weighted by molar-refractivity contribution is 0.953. The van der Waals surface area contributed by atoms with Crippen molar-refractivity contribution in [1.29, 1.82) is 0 Å². The third kappa shape index (κ3) is 5.47. The molecule has 0 unspecified atom stereocenters. The lowest BCUT2D eigenvalue weighted by Gasteiger charge is -2.13. The van der Waals surface area contributed by atoms with Gasteiger partial charge in [0.2, 0.25) is 5.95 Å². The number of nitrogens with zero attached hydrogens (tertiary/aromatic N) is 6. The van der Waals surface area contributed by atoms with E-state index in [0.29, 0.717) is 17.6 Å². The molecule has 0 aliphatic rings. The van der Waals surface area contributed by atoms with Crippen molar-refractivity contribution in [2.75, 3.05) is 0 Å². The molecule has 0 saturated heterocycles. The van der Waals surface area contributed by atoms with Gasteiger partial charge in [-0.05, 0) is 59.7 Å². The van der Waals surface area contributed by atoms with Gasteiger partial charge in [-0.3, -0.25) is 4.57 Å². The summed E-state index contributed by atoms with van der Waals surface area (Å²) in [7, 11) is 0. The van der Waals surface area contributed by atoms with Crippen LogP contribution in [-0.4, -0.2) is 29.1 Å². The van der Waals surface area contributed by atoms with Crippen LogP contribution in [0.4, 0.5) is 0 Å².